The summed E-state index contributed by atoms with van der Waals surface area (Å²) in [6.07, 6.45) is 5.89. The largest absolute Gasteiger partial charge is 0.396 e. The van der Waals surface area contributed by atoms with E-state index in [-0.39, 0.29) is 31.0 Å². The van der Waals surface area contributed by atoms with Gasteiger partial charge in [0.2, 0.25) is 0 Å². The third-order valence-corrected chi connectivity index (χ3v) is 6.97. The Morgan fingerprint density at radius 3 is 2.56 bits per heavy atom. The Morgan fingerprint density at radius 2 is 1.89 bits per heavy atom. The molecule has 36 heavy (non-hydrogen) atoms. The van der Waals surface area contributed by atoms with Crippen LogP contribution in [0, 0.1) is 11.8 Å². The van der Waals surface area contributed by atoms with Gasteiger partial charge in [0.1, 0.15) is 18.1 Å². The number of hydrogen-bond donors (Lipinski definition) is 2. The molecule has 8 nitrogen and oxygen atoms in total. The molecule has 0 spiro atoms. The highest BCUT2D eigenvalue weighted by Gasteiger charge is 2.35. The number of aromatic nitrogens is 2. The second kappa shape index (κ2) is 12.0. The van der Waals surface area contributed by atoms with Gasteiger partial charge in [-0.2, -0.15) is 0 Å². The third-order valence-electron chi connectivity index (χ3n) is 6.72. The second-order valence-electron chi connectivity index (χ2n) is 9.67. The van der Waals surface area contributed by atoms with Gasteiger partial charge in [-0.05, 0) is 50.8 Å². The Labute approximate surface area is 216 Å². The molecule has 2 aromatic rings. The zero-order valence-electron chi connectivity index (χ0n) is 21.0. The Bertz CT molecular complexity index is 1220. The van der Waals surface area contributed by atoms with E-state index in [2.05, 4.69) is 17.2 Å². The molecule has 0 radical (unpaired) electrons. The highest BCUT2D eigenvalue weighted by Crippen LogP contribution is 2.34. The minimum atomic E-state index is -0.503. The summed E-state index contributed by atoms with van der Waals surface area (Å²) in [7, 11) is 0. The molecule has 0 saturated heterocycles. The number of aliphatic hydroxyl groups is 1. The molecular weight excluding hydrogens is 480 g/mol. The van der Waals surface area contributed by atoms with Crippen molar-refractivity contribution in [2.75, 3.05) is 23.4 Å². The number of halogens is 1. The Hall–Kier alpha value is -2.73. The average molecular weight is 515 g/mol. The number of ether oxygens (including phenoxy) is 1. The van der Waals surface area contributed by atoms with Gasteiger partial charge in [0.15, 0.2) is 6.17 Å². The van der Waals surface area contributed by atoms with Crippen LogP contribution in [0.25, 0.3) is 0 Å². The highest BCUT2D eigenvalue weighted by molar-refractivity contribution is 6.30. The molecule has 1 atom stereocenters. The third kappa shape index (κ3) is 5.80. The normalized spacial score (nSPS) is 17.6. The molecule has 0 amide bonds. The quantitative estimate of drug-likeness (QED) is 0.522. The Morgan fingerprint density at radius 1 is 1.17 bits per heavy atom. The zero-order valence-corrected chi connectivity index (χ0v) is 21.8. The van der Waals surface area contributed by atoms with Crippen LogP contribution in [0.2, 0.25) is 5.02 Å². The number of hydrogen-bond acceptors (Lipinski definition) is 6. The summed E-state index contributed by atoms with van der Waals surface area (Å²) < 4.78 is 8.81. The van der Waals surface area contributed by atoms with Gasteiger partial charge in [-0.25, -0.2) is 4.79 Å². The molecular formula is C27H35ClN4O4. The van der Waals surface area contributed by atoms with Crippen molar-refractivity contribution in [3.05, 3.63) is 55.7 Å². The van der Waals surface area contributed by atoms with Gasteiger partial charge in [-0.3, -0.25) is 13.9 Å². The number of fused-ring (bicyclic) bond motifs is 1. The number of benzene rings is 1. The van der Waals surface area contributed by atoms with Gasteiger partial charge in [0.05, 0.1) is 6.10 Å². The van der Waals surface area contributed by atoms with Crippen molar-refractivity contribution in [3.8, 4) is 11.8 Å². The van der Waals surface area contributed by atoms with Gasteiger partial charge in [-0.1, -0.05) is 54.8 Å². The molecule has 2 aliphatic rings. The maximum Gasteiger partial charge on any atom is 0.332 e. The summed E-state index contributed by atoms with van der Waals surface area (Å²) in [4.78, 5) is 28.7. The first-order chi connectivity index (χ1) is 17.4. The lowest BCUT2D eigenvalue weighted by Gasteiger charge is -2.27. The van der Waals surface area contributed by atoms with Gasteiger partial charge >= 0.3 is 5.69 Å². The van der Waals surface area contributed by atoms with E-state index in [1.807, 2.05) is 43.0 Å². The van der Waals surface area contributed by atoms with Crippen LogP contribution in [-0.2, 0) is 17.8 Å². The summed E-state index contributed by atoms with van der Waals surface area (Å²) in [6.45, 7) is 4.65. The fraction of sp³-hybridized carbons (Fsp3) is 0.556. The Balaban J connectivity index is 1.70. The van der Waals surface area contributed by atoms with Crippen molar-refractivity contribution in [1.29, 1.82) is 0 Å². The minimum absolute atomic E-state index is 0.101. The first-order valence-electron chi connectivity index (χ1n) is 12.8. The van der Waals surface area contributed by atoms with E-state index in [4.69, 9.17) is 16.3 Å². The first-order valence-corrected chi connectivity index (χ1v) is 13.2. The molecule has 9 heteroatoms. The summed E-state index contributed by atoms with van der Waals surface area (Å²) >= 11 is 6.08. The van der Waals surface area contributed by atoms with Gasteiger partial charge < -0.3 is 20.1 Å². The predicted molar refractivity (Wildman–Crippen MR) is 143 cm³/mol. The molecule has 1 aliphatic carbocycles. The van der Waals surface area contributed by atoms with Crippen molar-refractivity contribution in [3.63, 3.8) is 0 Å². The highest BCUT2D eigenvalue weighted by atomic mass is 35.5. The monoisotopic (exact) mass is 514 g/mol. The molecule has 1 aliphatic heterocycles. The van der Waals surface area contributed by atoms with E-state index in [0.717, 1.165) is 18.4 Å². The molecule has 1 unspecified atom stereocenters. The molecule has 1 fully saturated rings. The number of nitrogens with zero attached hydrogens (tertiary/aromatic N) is 3. The summed E-state index contributed by atoms with van der Waals surface area (Å²) in [5.74, 6) is 6.91. The fourth-order valence-corrected chi connectivity index (χ4v) is 5.02. The lowest BCUT2D eigenvalue weighted by Crippen LogP contribution is -2.42. The molecule has 0 bridgehead atoms. The van der Waals surface area contributed by atoms with Crippen molar-refractivity contribution in [1.82, 2.24) is 9.13 Å². The van der Waals surface area contributed by atoms with Crippen LogP contribution in [0.1, 0.15) is 64.0 Å². The maximum atomic E-state index is 13.4. The second-order valence-corrected chi connectivity index (χ2v) is 10.1. The van der Waals surface area contributed by atoms with E-state index in [9.17, 15) is 14.7 Å². The molecule has 1 saturated carbocycles. The molecule has 2 heterocycles. The minimum Gasteiger partial charge on any atom is -0.396 e. The van der Waals surface area contributed by atoms with Crippen LogP contribution in [0.3, 0.4) is 0 Å². The molecule has 1 aromatic carbocycles. The Kier molecular flexibility index (Phi) is 8.78. The first kappa shape index (κ1) is 26.3. The van der Waals surface area contributed by atoms with Crippen LogP contribution >= 0.6 is 11.6 Å². The van der Waals surface area contributed by atoms with Crippen molar-refractivity contribution >= 4 is 23.1 Å². The van der Waals surface area contributed by atoms with Crippen LogP contribution in [0.5, 0.6) is 0 Å². The number of anilines is 2. The molecule has 194 valence electrons. The topological polar surface area (TPSA) is 88.7 Å². The summed E-state index contributed by atoms with van der Waals surface area (Å²) in [5.41, 5.74) is 0.540. The van der Waals surface area contributed by atoms with Crippen molar-refractivity contribution in [2.24, 2.45) is 0 Å². The van der Waals surface area contributed by atoms with Crippen LogP contribution in [0.15, 0.2) is 33.9 Å². The average Bonchev–Trinajstić information content (AvgIpc) is 3.21. The number of rotatable bonds is 8. The predicted octanol–water partition coefficient (Wildman–Crippen LogP) is 3.74. The molecule has 4 rings (SSSR count). The fourth-order valence-electron chi connectivity index (χ4n) is 4.89. The van der Waals surface area contributed by atoms with Crippen LogP contribution in [0.4, 0.5) is 11.5 Å². The van der Waals surface area contributed by atoms with Gasteiger partial charge in [-0.15, -0.1) is 0 Å². The van der Waals surface area contributed by atoms with E-state index in [1.54, 1.807) is 4.57 Å². The molecule has 2 N–H and O–H groups in total. The number of aliphatic hydroxyl groups excluding tert-OH is 1. The van der Waals surface area contributed by atoms with E-state index in [1.165, 1.54) is 23.8 Å². The smallest absolute Gasteiger partial charge is 0.332 e. The number of nitrogens with one attached hydrogen (secondary N) is 1. The van der Waals surface area contributed by atoms with E-state index in [0.29, 0.717) is 36.1 Å². The van der Waals surface area contributed by atoms with Crippen molar-refractivity contribution < 1.29 is 9.84 Å². The SMILES string of the molecule is CC(C)n1c2c(c(=O)n(CCCO)c1=O)NC(C#CCOC1CCCCC1)N2Cc1ccc(Cl)cc1. The van der Waals surface area contributed by atoms with Crippen LogP contribution in [-0.4, -0.2) is 39.7 Å². The van der Waals surface area contributed by atoms with Gasteiger partial charge in [0, 0.05) is 30.8 Å². The van der Waals surface area contributed by atoms with E-state index >= 15 is 0 Å². The lowest BCUT2D eigenvalue weighted by molar-refractivity contribution is 0.0497. The lowest BCUT2D eigenvalue weighted by atomic mass is 9.98. The van der Waals surface area contributed by atoms with E-state index < -0.39 is 11.7 Å². The van der Waals surface area contributed by atoms with Crippen LogP contribution < -0.4 is 21.5 Å². The maximum absolute atomic E-state index is 13.4. The summed E-state index contributed by atoms with van der Waals surface area (Å²) in [5, 5.41) is 13.2. The zero-order chi connectivity index (χ0) is 25.7. The van der Waals surface area contributed by atoms with Crippen molar-refractivity contribution in [2.45, 2.75) is 83.8 Å². The van der Waals surface area contributed by atoms with Gasteiger partial charge in [0.25, 0.3) is 5.56 Å². The standard InChI is InChI=1S/C27H35ClN4O4/c1-19(2)32-25-24(26(34)30(27(32)35)15-7-16-33)29-23(10-6-17-36-22-8-4-3-5-9-22)31(25)18-20-11-13-21(28)14-12-20/h11-14,19,22-23,29,33H,3-5,7-9,15-18H2,1-2H3. The molecule has 1 aromatic heterocycles. The summed E-state index contributed by atoms with van der Waals surface area (Å²) in [6, 6.07) is 7.31.